The molecule has 1 aromatic heterocycles. The van der Waals surface area contributed by atoms with Crippen LogP contribution in [-0.4, -0.2) is 70.2 Å². The SMILES string of the molecule is O=C(CSc1ccc(C(=O)O)nn1)NC[C@H]1CN(Cc2ccc(Cl)c(Cl)c2)CCO1. The molecule has 0 radical (unpaired) electrons. The maximum Gasteiger partial charge on any atom is 0.356 e. The number of carbonyl (C=O) groups is 2. The minimum absolute atomic E-state index is 0.106. The lowest BCUT2D eigenvalue weighted by Gasteiger charge is -2.33. The van der Waals surface area contributed by atoms with E-state index < -0.39 is 5.97 Å². The van der Waals surface area contributed by atoms with E-state index in [4.69, 9.17) is 33.0 Å². The normalized spacial score (nSPS) is 16.9. The van der Waals surface area contributed by atoms with Crippen molar-refractivity contribution in [1.29, 1.82) is 0 Å². The quantitative estimate of drug-likeness (QED) is 0.567. The lowest BCUT2D eigenvalue weighted by molar-refractivity contribution is -0.119. The van der Waals surface area contributed by atoms with E-state index in [0.29, 0.717) is 34.8 Å². The third-order valence-electron chi connectivity index (χ3n) is 4.35. The monoisotopic (exact) mass is 470 g/mol. The molecule has 0 bridgehead atoms. The number of hydrogen-bond donors (Lipinski definition) is 2. The number of carbonyl (C=O) groups excluding carboxylic acids is 1. The minimum atomic E-state index is -1.14. The van der Waals surface area contributed by atoms with Gasteiger partial charge in [-0.1, -0.05) is 41.0 Å². The van der Waals surface area contributed by atoms with Crippen LogP contribution in [0.25, 0.3) is 0 Å². The Morgan fingerprint density at radius 3 is 2.77 bits per heavy atom. The fourth-order valence-corrected chi connectivity index (χ4v) is 3.84. The number of benzene rings is 1. The number of nitrogens with zero attached hydrogens (tertiary/aromatic N) is 3. The molecule has 11 heteroatoms. The predicted molar refractivity (Wildman–Crippen MR) is 114 cm³/mol. The van der Waals surface area contributed by atoms with Gasteiger partial charge in [0.25, 0.3) is 0 Å². The van der Waals surface area contributed by atoms with Crippen molar-refractivity contribution in [3.8, 4) is 0 Å². The standard InChI is InChI=1S/C19H20Cl2N4O4S/c20-14-2-1-12(7-15(14)21)9-25-5-6-29-13(10-25)8-22-17(26)11-30-18-4-3-16(19(27)28)23-24-18/h1-4,7,13H,5-6,8-11H2,(H,22,26)(H,27,28)/t13-/m0/s1. The predicted octanol–water partition coefficient (Wildman–Crippen LogP) is 2.59. The van der Waals surface area contributed by atoms with Gasteiger partial charge in [0.1, 0.15) is 5.03 Å². The van der Waals surface area contributed by atoms with Crippen molar-refractivity contribution in [2.75, 3.05) is 32.0 Å². The molecule has 1 aromatic carbocycles. The maximum absolute atomic E-state index is 12.1. The average Bonchev–Trinajstić information content (AvgIpc) is 2.74. The number of amides is 1. The zero-order chi connectivity index (χ0) is 21.5. The van der Waals surface area contributed by atoms with Crippen molar-refractivity contribution in [2.45, 2.75) is 17.7 Å². The molecule has 1 saturated heterocycles. The number of carboxylic acids is 1. The minimum Gasteiger partial charge on any atom is -0.476 e. The number of ether oxygens (including phenoxy) is 1. The fraction of sp³-hybridized carbons (Fsp3) is 0.368. The second-order valence-corrected chi connectivity index (χ2v) is 8.44. The number of hydrogen-bond acceptors (Lipinski definition) is 7. The fourth-order valence-electron chi connectivity index (χ4n) is 2.87. The van der Waals surface area contributed by atoms with Crippen LogP contribution in [0.4, 0.5) is 0 Å². The number of carboxylic acid groups (broad SMARTS) is 1. The summed E-state index contributed by atoms with van der Waals surface area (Å²) >= 11 is 13.2. The van der Waals surface area contributed by atoms with Crippen LogP contribution < -0.4 is 5.32 Å². The third-order valence-corrected chi connectivity index (χ3v) is 6.01. The van der Waals surface area contributed by atoms with Gasteiger partial charge in [-0.05, 0) is 29.8 Å². The van der Waals surface area contributed by atoms with Gasteiger partial charge in [-0.25, -0.2) is 4.79 Å². The number of aromatic nitrogens is 2. The summed E-state index contributed by atoms with van der Waals surface area (Å²) in [6.45, 7) is 3.20. The molecule has 30 heavy (non-hydrogen) atoms. The van der Waals surface area contributed by atoms with Gasteiger partial charge in [0, 0.05) is 26.2 Å². The van der Waals surface area contributed by atoms with Crippen LogP contribution >= 0.6 is 35.0 Å². The van der Waals surface area contributed by atoms with Crippen LogP contribution in [0.15, 0.2) is 35.4 Å². The number of nitrogens with one attached hydrogen (secondary N) is 1. The zero-order valence-electron chi connectivity index (χ0n) is 15.9. The highest BCUT2D eigenvalue weighted by atomic mass is 35.5. The highest BCUT2D eigenvalue weighted by molar-refractivity contribution is 7.99. The third kappa shape index (κ3) is 6.82. The van der Waals surface area contributed by atoms with E-state index in [1.807, 2.05) is 12.1 Å². The largest absolute Gasteiger partial charge is 0.476 e. The summed E-state index contributed by atoms with van der Waals surface area (Å²) in [6, 6.07) is 8.48. The van der Waals surface area contributed by atoms with Crippen LogP contribution in [0.5, 0.6) is 0 Å². The first-order valence-electron chi connectivity index (χ1n) is 9.15. The van der Waals surface area contributed by atoms with Crippen molar-refractivity contribution >= 4 is 46.8 Å². The summed E-state index contributed by atoms with van der Waals surface area (Å²) in [5, 5.41) is 20.6. The molecule has 0 unspecified atom stereocenters. The van der Waals surface area contributed by atoms with Crippen LogP contribution in [0.2, 0.25) is 10.0 Å². The lowest BCUT2D eigenvalue weighted by atomic mass is 10.2. The molecule has 1 aliphatic rings. The van der Waals surface area contributed by atoms with Gasteiger partial charge in [-0.3, -0.25) is 9.69 Å². The van der Waals surface area contributed by atoms with Gasteiger partial charge in [0.05, 0.1) is 28.5 Å². The number of thioether (sulfide) groups is 1. The summed E-state index contributed by atoms with van der Waals surface area (Å²) in [6.07, 6.45) is -0.106. The summed E-state index contributed by atoms with van der Waals surface area (Å²) in [4.78, 5) is 25.1. The molecule has 2 heterocycles. The van der Waals surface area contributed by atoms with Crippen LogP contribution in [0.1, 0.15) is 16.1 Å². The molecule has 1 amide bonds. The van der Waals surface area contributed by atoms with E-state index in [1.54, 1.807) is 6.07 Å². The average molecular weight is 471 g/mol. The maximum atomic E-state index is 12.1. The number of aromatic carboxylic acids is 1. The molecule has 0 spiro atoms. The van der Waals surface area contributed by atoms with E-state index >= 15 is 0 Å². The molecule has 8 nitrogen and oxygen atoms in total. The van der Waals surface area contributed by atoms with Crippen molar-refractivity contribution in [3.63, 3.8) is 0 Å². The van der Waals surface area contributed by atoms with Gasteiger partial charge in [0.15, 0.2) is 5.69 Å². The van der Waals surface area contributed by atoms with Crippen molar-refractivity contribution in [1.82, 2.24) is 20.4 Å². The number of morpholine rings is 1. The van der Waals surface area contributed by atoms with Crippen molar-refractivity contribution in [3.05, 3.63) is 51.6 Å². The molecule has 1 fully saturated rings. The van der Waals surface area contributed by atoms with E-state index in [2.05, 4.69) is 20.4 Å². The molecular weight excluding hydrogens is 451 g/mol. The summed E-state index contributed by atoms with van der Waals surface area (Å²) < 4.78 is 5.75. The molecule has 0 aliphatic carbocycles. The van der Waals surface area contributed by atoms with Crippen LogP contribution in [0.3, 0.4) is 0 Å². The van der Waals surface area contributed by atoms with Crippen molar-refractivity contribution in [2.24, 2.45) is 0 Å². The van der Waals surface area contributed by atoms with E-state index in [-0.39, 0.29) is 23.5 Å². The number of halogens is 2. The van der Waals surface area contributed by atoms with Gasteiger partial charge in [0.2, 0.25) is 5.91 Å². The topological polar surface area (TPSA) is 105 Å². The molecule has 0 saturated carbocycles. The van der Waals surface area contributed by atoms with Crippen molar-refractivity contribution < 1.29 is 19.4 Å². The summed E-state index contributed by atoms with van der Waals surface area (Å²) in [5.74, 6) is -1.15. The molecule has 3 rings (SSSR count). The Morgan fingerprint density at radius 1 is 1.23 bits per heavy atom. The lowest BCUT2D eigenvalue weighted by Crippen LogP contribution is -2.47. The smallest absolute Gasteiger partial charge is 0.356 e. The van der Waals surface area contributed by atoms with Gasteiger partial charge >= 0.3 is 5.97 Å². The molecule has 160 valence electrons. The molecular formula is C19H20Cl2N4O4S. The first kappa shape index (κ1) is 22.8. The van der Waals surface area contributed by atoms with E-state index in [0.717, 1.165) is 18.7 Å². The molecule has 2 N–H and O–H groups in total. The van der Waals surface area contributed by atoms with Gasteiger partial charge in [-0.2, -0.15) is 0 Å². The zero-order valence-corrected chi connectivity index (χ0v) is 18.2. The second-order valence-electron chi connectivity index (χ2n) is 6.63. The Hall–Kier alpha value is -1.91. The summed E-state index contributed by atoms with van der Waals surface area (Å²) in [5.41, 5.74) is 0.934. The van der Waals surface area contributed by atoms with Gasteiger partial charge in [-0.15, -0.1) is 10.2 Å². The molecule has 1 aliphatic heterocycles. The van der Waals surface area contributed by atoms with E-state index in [9.17, 15) is 9.59 Å². The Kier molecular flexibility index (Phi) is 8.29. The Balaban J connectivity index is 1.40. The summed E-state index contributed by atoms with van der Waals surface area (Å²) in [7, 11) is 0. The first-order valence-corrected chi connectivity index (χ1v) is 10.9. The molecule has 1 atom stereocenters. The van der Waals surface area contributed by atoms with Crippen LogP contribution in [0, 0.1) is 0 Å². The first-order chi connectivity index (χ1) is 14.4. The second kappa shape index (κ2) is 10.9. The molecule has 2 aromatic rings. The van der Waals surface area contributed by atoms with E-state index in [1.165, 1.54) is 23.9 Å². The number of rotatable bonds is 8. The Morgan fingerprint density at radius 2 is 2.07 bits per heavy atom. The van der Waals surface area contributed by atoms with Crippen LogP contribution in [-0.2, 0) is 16.1 Å². The highest BCUT2D eigenvalue weighted by Gasteiger charge is 2.21. The Labute approximate surface area is 187 Å². The highest BCUT2D eigenvalue weighted by Crippen LogP contribution is 2.23. The van der Waals surface area contributed by atoms with Gasteiger partial charge < -0.3 is 15.2 Å². The Bertz CT molecular complexity index is 901.